The first-order valence-electron chi connectivity index (χ1n) is 8.08. The SMILES string of the molecule is CCN(CCO)CC(=O)Nc1cccc(C(=O)N(CC)CC)c1. The van der Waals surface area contributed by atoms with Crippen molar-refractivity contribution in [1.82, 2.24) is 9.80 Å². The number of benzene rings is 1. The second-order valence-corrected chi connectivity index (χ2v) is 5.20. The van der Waals surface area contributed by atoms with Crippen LogP contribution in [-0.2, 0) is 4.79 Å². The molecule has 0 saturated heterocycles. The van der Waals surface area contributed by atoms with Gasteiger partial charge in [0.2, 0.25) is 5.91 Å². The molecule has 1 rings (SSSR count). The lowest BCUT2D eigenvalue weighted by Gasteiger charge is -2.20. The minimum atomic E-state index is -0.160. The molecule has 0 saturated carbocycles. The van der Waals surface area contributed by atoms with E-state index in [2.05, 4.69) is 5.32 Å². The van der Waals surface area contributed by atoms with Crippen LogP contribution in [-0.4, -0.2) is 66.1 Å². The first-order valence-corrected chi connectivity index (χ1v) is 8.08. The minimum absolute atomic E-state index is 0.0228. The van der Waals surface area contributed by atoms with Crippen LogP contribution < -0.4 is 5.32 Å². The average molecular weight is 321 g/mol. The quantitative estimate of drug-likeness (QED) is 0.721. The van der Waals surface area contributed by atoms with Crippen molar-refractivity contribution in [3.05, 3.63) is 29.8 Å². The Bertz CT molecular complexity index is 516. The summed E-state index contributed by atoms with van der Waals surface area (Å²) >= 11 is 0. The van der Waals surface area contributed by atoms with Crippen LogP contribution in [0.3, 0.4) is 0 Å². The molecule has 0 radical (unpaired) electrons. The number of amides is 2. The molecule has 0 atom stereocenters. The zero-order chi connectivity index (χ0) is 17.2. The van der Waals surface area contributed by atoms with Gasteiger partial charge in [-0.2, -0.15) is 0 Å². The van der Waals surface area contributed by atoms with Crippen LogP contribution in [0.2, 0.25) is 0 Å². The number of nitrogens with zero attached hydrogens (tertiary/aromatic N) is 2. The minimum Gasteiger partial charge on any atom is -0.395 e. The van der Waals surface area contributed by atoms with E-state index in [4.69, 9.17) is 5.11 Å². The maximum absolute atomic E-state index is 12.3. The van der Waals surface area contributed by atoms with Gasteiger partial charge in [0.05, 0.1) is 13.2 Å². The predicted molar refractivity (Wildman–Crippen MR) is 91.5 cm³/mol. The van der Waals surface area contributed by atoms with Gasteiger partial charge >= 0.3 is 0 Å². The van der Waals surface area contributed by atoms with E-state index in [1.165, 1.54) is 0 Å². The van der Waals surface area contributed by atoms with E-state index in [0.717, 1.165) is 0 Å². The molecule has 0 bridgehead atoms. The van der Waals surface area contributed by atoms with E-state index in [1.54, 1.807) is 29.2 Å². The molecule has 0 heterocycles. The fourth-order valence-corrected chi connectivity index (χ4v) is 2.32. The summed E-state index contributed by atoms with van der Waals surface area (Å²) in [7, 11) is 0. The van der Waals surface area contributed by atoms with Gasteiger partial charge in [-0.1, -0.05) is 13.0 Å². The van der Waals surface area contributed by atoms with E-state index < -0.39 is 0 Å². The van der Waals surface area contributed by atoms with Gasteiger partial charge in [-0.05, 0) is 38.6 Å². The smallest absolute Gasteiger partial charge is 0.253 e. The first kappa shape index (κ1) is 19.1. The van der Waals surface area contributed by atoms with E-state index in [9.17, 15) is 9.59 Å². The lowest BCUT2D eigenvalue weighted by atomic mass is 10.1. The molecule has 6 nitrogen and oxygen atoms in total. The number of carbonyl (C=O) groups excluding carboxylic acids is 2. The molecule has 1 aromatic rings. The Hall–Kier alpha value is -1.92. The van der Waals surface area contributed by atoms with Crippen molar-refractivity contribution in [2.75, 3.05) is 44.6 Å². The number of nitrogens with one attached hydrogen (secondary N) is 1. The topological polar surface area (TPSA) is 72.9 Å². The van der Waals surface area contributed by atoms with Crippen LogP contribution in [0.25, 0.3) is 0 Å². The second-order valence-electron chi connectivity index (χ2n) is 5.20. The Morgan fingerprint density at radius 2 is 1.83 bits per heavy atom. The highest BCUT2D eigenvalue weighted by Gasteiger charge is 2.14. The van der Waals surface area contributed by atoms with Gasteiger partial charge in [-0.15, -0.1) is 0 Å². The normalized spacial score (nSPS) is 10.7. The van der Waals surface area contributed by atoms with Crippen molar-refractivity contribution in [3.8, 4) is 0 Å². The lowest BCUT2D eigenvalue weighted by Crippen LogP contribution is -2.35. The van der Waals surface area contributed by atoms with Crippen LogP contribution in [0.15, 0.2) is 24.3 Å². The highest BCUT2D eigenvalue weighted by atomic mass is 16.3. The van der Waals surface area contributed by atoms with Crippen molar-refractivity contribution < 1.29 is 14.7 Å². The number of carbonyl (C=O) groups is 2. The molecule has 128 valence electrons. The van der Waals surface area contributed by atoms with Crippen molar-refractivity contribution in [2.45, 2.75) is 20.8 Å². The molecule has 0 unspecified atom stereocenters. The van der Waals surface area contributed by atoms with Crippen LogP contribution >= 0.6 is 0 Å². The van der Waals surface area contributed by atoms with Crippen LogP contribution in [0.1, 0.15) is 31.1 Å². The number of likely N-dealkylation sites (N-methyl/N-ethyl adjacent to an activating group) is 1. The summed E-state index contributed by atoms with van der Waals surface area (Å²) in [5.41, 5.74) is 1.17. The summed E-state index contributed by atoms with van der Waals surface area (Å²) in [5, 5.41) is 11.8. The number of hydrogen-bond acceptors (Lipinski definition) is 4. The molecule has 2 amide bonds. The van der Waals surface area contributed by atoms with Gasteiger partial charge in [0.1, 0.15) is 0 Å². The Morgan fingerprint density at radius 1 is 1.13 bits per heavy atom. The second kappa shape index (κ2) is 9.97. The number of hydrogen-bond donors (Lipinski definition) is 2. The summed E-state index contributed by atoms with van der Waals surface area (Å²) < 4.78 is 0. The lowest BCUT2D eigenvalue weighted by molar-refractivity contribution is -0.117. The standard InChI is InChI=1S/C17H27N3O3/c1-4-19(10-11-21)13-16(22)18-15-9-7-8-14(12-15)17(23)20(5-2)6-3/h7-9,12,21H,4-6,10-11,13H2,1-3H3,(H,18,22). The van der Waals surface area contributed by atoms with Crippen LogP contribution in [0, 0.1) is 0 Å². The third-order valence-corrected chi connectivity index (χ3v) is 3.67. The van der Waals surface area contributed by atoms with Gasteiger partial charge in [0.25, 0.3) is 5.91 Å². The molecule has 6 heteroatoms. The fraction of sp³-hybridized carbons (Fsp3) is 0.529. The molecular weight excluding hydrogens is 294 g/mol. The van der Waals surface area contributed by atoms with Crippen molar-refractivity contribution in [1.29, 1.82) is 0 Å². The average Bonchev–Trinajstić information content (AvgIpc) is 2.55. The van der Waals surface area contributed by atoms with Crippen LogP contribution in [0.4, 0.5) is 5.69 Å². The van der Waals surface area contributed by atoms with Crippen molar-refractivity contribution >= 4 is 17.5 Å². The van der Waals surface area contributed by atoms with Gasteiger partial charge < -0.3 is 15.3 Å². The third kappa shape index (κ3) is 6.00. The van der Waals surface area contributed by atoms with E-state index in [0.29, 0.717) is 37.4 Å². The molecule has 0 aliphatic heterocycles. The van der Waals surface area contributed by atoms with E-state index >= 15 is 0 Å². The maximum atomic E-state index is 12.3. The van der Waals surface area contributed by atoms with Gasteiger partial charge in [0, 0.05) is 30.9 Å². The highest BCUT2D eigenvalue weighted by Crippen LogP contribution is 2.13. The molecule has 23 heavy (non-hydrogen) atoms. The Kier molecular flexibility index (Phi) is 8.29. The van der Waals surface area contributed by atoms with Gasteiger partial charge in [-0.25, -0.2) is 0 Å². The molecule has 0 aliphatic carbocycles. The van der Waals surface area contributed by atoms with E-state index in [1.807, 2.05) is 25.7 Å². The summed E-state index contributed by atoms with van der Waals surface area (Å²) in [6.45, 7) is 8.50. The molecule has 0 fully saturated rings. The Labute approximate surface area is 138 Å². The predicted octanol–water partition coefficient (Wildman–Crippen LogP) is 1.42. The summed E-state index contributed by atoms with van der Waals surface area (Å²) in [5.74, 6) is -0.200. The molecule has 0 aromatic heterocycles. The molecule has 1 aromatic carbocycles. The summed E-state index contributed by atoms with van der Waals surface area (Å²) in [4.78, 5) is 28.0. The Morgan fingerprint density at radius 3 is 2.39 bits per heavy atom. The number of rotatable bonds is 9. The number of aliphatic hydroxyl groups is 1. The zero-order valence-electron chi connectivity index (χ0n) is 14.2. The van der Waals surface area contributed by atoms with Gasteiger partial charge in [0.15, 0.2) is 0 Å². The largest absolute Gasteiger partial charge is 0.395 e. The molecular formula is C17H27N3O3. The Balaban J connectivity index is 2.73. The summed E-state index contributed by atoms with van der Waals surface area (Å²) in [6.07, 6.45) is 0. The van der Waals surface area contributed by atoms with E-state index in [-0.39, 0.29) is 25.0 Å². The van der Waals surface area contributed by atoms with Crippen molar-refractivity contribution in [3.63, 3.8) is 0 Å². The van der Waals surface area contributed by atoms with Gasteiger partial charge in [-0.3, -0.25) is 14.5 Å². The van der Waals surface area contributed by atoms with Crippen molar-refractivity contribution in [2.24, 2.45) is 0 Å². The van der Waals surface area contributed by atoms with Crippen LogP contribution in [0.5, 0.6) is 0 Å². The maximum Gasteiger partial charge on any atom is 0.253 e. The first-order chi connectivity index (χ1) is 11.0. The molecule has 0 aliphatic rings. The highest BCUT2D eigenvalue weighted by molar-refractivity contribution is 5.97. The summed E-state index contributed by atoms with van der Waals surface area (Å²) in [6, 6.07) is 6.97. The fourth-order valence-electron chi connectivity index (χ4n) is 2.32. The molecule has 2 N–H and O–H groups in total. The number of aliphatic hydroxyl groups excluding tert-OH is 1. The third-order valence-electron chi connectivity index (χ3n) is 3.67. The number of anilines is 1. The zero-order valence-corrected chi connectivity index (χ0v) is 14.2. The monoisotopic (exact) mass is 321 g/mol. The molecule has 0 spiro atoms.